The Bertz CT molecular complexity index is 782. The first kappa shape index (κ1) is 15.7. The molecular weight excluding hydrogens is 284 g/mol. The predicted octanol–water partition coefficient (Wildman–Crippen LogP) is 0.0387. The fourth-order valence-corrected chi connectivity index (χ4v) is 2.23. The second-order valence-electron chi connectivity index (χ2n) is 5.18. The molecule has 0 bridgehead atoms. The molecule has 22 heavy (non-hydrogen) atoms. The summed E-state index contributed by atoms with van der Waals surface area (Å²) < 4.78 is 1.40. The molecule has 0 atom stereocenters. The molecule has 0 saturated heterocycles. The fraction of sp³-hybridized carbons (Fsp3) is 0.333. The lowest BCUT2D eigenvalue weighted by atomic mass is 10.1. The van der Waals surface area contributed by atoms with Gasteiger partial charge < -0.3 is 10.6 Å². The highest BCUT2D eigenvalue weighted by Gasteiger charge is 2.12. The van der Waals surface area contributed by atoms with Crippen LogP contribution in [-0.2, 0) is 16.1 Å². The van der Waals surface area contributed by atoms with Crippen molar-refractivity contribution in [3.8, 4) is 0 Å². The van der Waals surface area contributed by atoms with Crippen LogP contribution in [-0.4, -0.2) is 39.9 Å². The van der Waals surface area contributed by atoms with Gasteiger partial charge in [-0.1, -0.05) is 12.1 Å². The zero-order valence-corrected chi connectivity index (χ0v) is 12.6. The van der Waals surface area contributed by atoms with Crippen LogP contribution in [0.5, 0.6) is 0 Å². The Morgan fingerprint density at radius 1 is 1.36 bits per heavy atom. The van der Waals surface area contributed by atoms with Gasteiger partial charge in [-0.15, -0.1) is 0 Å². The van der Waals surface area contributed by atoms with Crippen molar-refractivity contribution in [2.75, 3.05) is 13.6 Å². The molecule has 0 aliphatic heterocycles. The molecule has 2 rings (SSSR count). The van der Waals surface area contributed by atoms with Gasteiger partial charge in [0.05, 0.1) is 23.8 Å². The van der Waals surface area contributed by atoms with E-state index in [0.29, 0.717) is 10.9 Å². The van der Waals surface area contributed by atoms with E-state index in [1.807, 2.05) is 13.0 Å². The van der Waals surface area contributed by atoms with E-state index in [1.54, 1.807) is 12.1 Å². The first-order chi connectivity index (χ1) is 10.4. The molecule has 1 aromatic carbocycles. The maximum Gasteiger partial charge on any atom is 0.261 e. The number of amides is 2. The van der Waals surface area contributed by atoms with Gasteiger partial charge in [0.15, 0.2) is 0 Å². The minimum atomic E-state index is -0.573. The number of likely N-dealkylation sites (N-methyl/N-ethyl adjacent to an activating group) is 1. The molecule has 0 saturated carbocycles. The zero-order chi connectivity index (χ0) is 16.3. The normalized spacial score (nSPS) is 10.6. The summed E-state index contributed by atoms with van der Waals surface area (Å²) >= 11 is 0. The first-order valence-electron chi connectivity index (χ1n) is 6.87. The van der Waals surface area contributed by atoms with Crippen LogP contribution in [0, 0.1) is 6.92 Å². The molecule has 0 aliphatic rings. The molecular formula is C15H18N4O3. The number of hydrogen-bond acceptors (Lipinski definition) is 4. The zero-order valence-electron chi connectivity index (χ0n) is 12.6. The van der Waals surface area contributed by atoms with Crippen molar-refractivity contribution in [3.05, 3.63) is 40.4 Å². The summed E-state index contributed by atoms with van der Waals surface area (Å²) in [6.07, 6.45) is 1.54. The number of primary amides is 1. The van der Waals surface area contributed by atoms with E-state index in [2.05, 4.69) is 4.98 Å². The van der Waals surface area contributed by atoms with E-state index < -0.39 is 5.91 Å². The second kappa shape index (κ2) is 6.38. The highest BCUT2D eigenvalue weighted by Crippen LogP contribution is 2.11. The minimum Gasteiger partial charge on any atom is -0.368 e. The molecule has 0 unspecified atom stereocenters. The lowest BCUT2D eigenvalue weighted by Crippen LogP contribution is -2.36. The van der Waals surface area contributed by atoms with Crippen molar-refractivity contribution < 1.29 is 9.59 Å². The summed E-state index contributed by atoms with van der Waals surface area (Å²) in [5.41, 5.74) is 6.46. The maximum absolute atomic E-state index is 12.4. The monoisotopic (exact) mass is 302 g/mol. The number of carbonyl (C=O) groups excluding carboxylic acids is 2. The third kappa shape index (κ3) is 3.30. The molecule has 2 aromatic rings. The molecule has 1 heterocycles. The van der Waals surface area contributed by atoms with Crippen LogP contribution in [0.15, 0.2) is 29.3 Å². The van der Waals surface area contributed by atoms with Gasteiger partial charge in [0.1, 0.15) is 0 Å². The van der Waals surface area contributed by atoms with E-state index in [-0.39, 0.29) is 31.0 Å². The van der Waals surface area contributed by atoms with Crippen LogP contribution < -0.4 is 11.3 Å². The highest BCUT2D eigenvalue weighted by atomic mass is 16.2. The Kier molecular flexibility index (Phi) is 4.55. The van der Waals surface area contributed by atoms with Crippen LogP contribution in [0.3, 0.4) is 0 Å². The molecule has 0 radical (unpaired) electrons. The number of para-hydroxylation sites is 1. The maximum atomic E-state index is 12.4. The van der Waals surface area contributed by atoms with E-state index in [1.165, 1.54) is 22.8 Å². The lowest BCUT2D eigenvalue weighted by molar-refractivity contribution is -0.134. The summed E-state index contributed by atoms with van der Waals surface area (Å²) in [6.45, 7) is 1.96. The van der Waals surface area contributed by atoms with Gasteiger partial charge in [-0.2, -0.15) is 0 Å². The number of benzene rings is 1. The van der Waals surface area contributed by atoms with Crippen LogP contribution >= 0.6 is 0 Å². The average Bonchev–Trinajstić information content (AvgIpc) is 2.46. The van der Waals surface area contributed by atoms with E-state index in [0.717, 1.165) is 5.56 Å². The molecule has 0 spiro atoms. The first-order valence-corrected chi connectivity index (χ1v) is 6.87. The van der Waals surface area contributed by atoms with Gasteiger partial charge >= 0.3 is 0 Å². The van der Waals surface area contributed by atoms with Crippen molar-refractivity contribution in [2.45, 2.75) is 19.9 Å². The van der Waals surface area contributed by atoms with E-state index >= 15 is 0 Å². The average molecular weight is 302 g/mol. The van der Waals surface area contributed by atoms with E-state index in [9.17, 15) is 14.4 Å². The summed E-state index contributed by atoms with van der Waals surface area (Å²) in [6, 6.07) is 5.41. The predicted molar refractivity (Wildman–Crippen MR) is 82.2 cm³/mol. The Balaban J connectivity index is 2.16. The second-order valence-corrected chi connectivity index (χ2v) is 5.18. The third-order valence-corrected chi connectivity index (χ3v) is 3.44. The lowest BCUT2D eigenvalue weighted by Gasteiger charge is -2.15. The molecule has 116 valence electrons. The number of aromatic nitrogens is 2. The number of nitrogens with two attached hydrogens (primary N) is 1. The van der Waals surface area contributed by atoms with Crippen LogP contribution in [0.25, 0.3) is 10.9 Å². The number of hydrogen-bond donors (Lipinski definition) is 1. The molecule has 7 nitrogen and oxygen atoms in total. The number of carbonyl (C=O) groups is 2. The number of rotatable bonds is 5. The van der Waals surface area contributed by atoms with Gasteiger partial charge in [-0.3, -0.25) is 19.0 Å². The third-order valence-electron chi connectivity index (χ3n) is 3.44. The Morgan fingerprint density at radius 2 is 2.09 bits per heavy atom. The quantitative estimate of drug-likeness (QED) is 0.843. The number of aryl methyl sites for hydroxylation is 2. The molecule has 0 aliphatic carbocycles. The van der Waals surface area contributed by atoms with E-state index in [4.69, 9.17) is 5.73 Å². The fourth-order valence-electron chi connectivity index (χ4n) is 2.23. The summed E-state index contributed by atoms with van der Waals surface area (Å²) in [4.78, 5) is 40.5. The highest BCUT2D eigenvalue weighted by molar-refractivity contribution is 5.83. The smallest absolute Gasteiger partial charge is 0.261 e. The SMILES string of the molecule is Cc1cccc2c(=O)n(CCC(=O)N(C)CC(N)=O)cnc12. The minimum absolute atomic E-state index is 0.0999. The molecule has 1 aromatic heterocycles. The summed E-state index contributed by atoms with van der Waals surface area (Å²) in [5, 5.41) is 0.528. The summed E-state index contributed by atoms with van der Waals surface area (Å²) in [5.74, 6) is -0.828. The van der Waals surface area contributed by atoms with Crippen molar-refractivity contribution in [2.24, 2.45) is 5.73 Å². The topological polar surface area (TPSA) is 98.3 Å². The van der Waals surface area contributed by atoms with Crippen molar-refractivity contribution in [1.82, 2.24) is 14.5 Å². The molecule has 7 heteroatoms. The Morgan fingerprint density at radius 3 is 2.77 bits per heavy atom. The number of fused-ring (bicyclic) bond motifs is 1. The van der Waals surface area contributed by atoms with Crippen LogP contribution in [0.2, 0.25) is 0 Å². The van der Waals surface area contributed by atoms with Gasteiger partial charge in [0.2, 0.25) is 11.8 Å². The van der Waals surface area contributed by atoms with Crippen LogP contribution in [0.4, 0.5) is 0 Å². The number of nitrogens with zero attached hydrogens (tertiary/aromatic N) is 3. The Labute approximate surface area is 127 Å². The van der Waals surface area contributed by atoms with Crippen molar-refractivity contribution >= 4 is 22.7 Å². The van der Waals surface area contributed by atoms with Crippen molar-refractivity contribution in [3.63, 3.8) is 0 Å². The molecule has 0 fully saturated rings. The Hall–Kier alpha value is -2.70. The summed E-state index contributed by atoms with van der Waals surface area (Å²) in [7, 11) is 1.50. The van der Waals surface area contributed by atoms with Gasteiger partial charge in [-0.25, -0.2) is 4.98 Å². The molecule has 2 N–H and O–H groups in total. The standard InChI is InChI=1S/C15H18N4O3/c1-10-4-3-5-11-14(10)17-9-19(15(11)22)7-6-13(21)18(2)8-12(16)20/h3-5,9H,6-8H2,1-2H3,(H2,16,20). The molecule has 2 amide bonds. The van der Waals surface area contributed by atoms with Crippen molar-refractivity contribution in [1.29, 1.82) is 0 Å². The van der Waals surface area contributed by atoms with Crippen LogP contribution in [0.1, 0.15) is 12.0 Å². The van der Waals surface area contributed by atoms with Gasteiger partial charge in [-0.05, 0) is 18.6 Å². The van der Waals surface area contributed by atoms with Gasteiger partial charge in [0.25, 0.3) is 5.56 Å². The van der Waals surface area contributed by atoms with Gasteiger partial charge in [0, 0.05) is 20.0 Å². The largest absolute Gasteiger partial charge is 0.368 e.